The number of halogens is 3. The van der Waals surface area contributed by atoms with Crippen LogP contribution in [-0.2, 0) is 0 Å². The standard InChI is InChI=1S/C14H11ClF2N2O/c1-7-2-3-8(15)11(6-7)19-14(20)12-9(16)4-5-10(18)13(12)17/h2-6H,18H2,1H3,(H,19,20). The second-order valence-corrected chi connectivity index (χ2v) is 4.67. The van der Waals surface area contributed by atoms with Crippen molar-refractivity contribution in [2.45, 2.75) is 6.92 Å². The predicted octanol–water partition coefficient (Wildman–Crippen LogP) is 3.76. The lowest BCUT2D eigenvalue weighted by molar-refractivity contribution is 0.101. The molecule has 0 atom stereocenters. The molecule has 0 bridgehead atoms. The number of nitrogens with one attached hydrogen (secondary N) is 1. The fourth-order valence-corrected chi connectivity index (χ4v) is 1.86. The third kappa shape index (κ3) is 2.72. The molecule has 0 saturated carbocycles. The third-order valence-corrected chi connectivity index (χ3v) is 3.05. The summed E-state index contributed by atoms with van der Waals surface area (Å²) in [7, 11) is 0. The van der Waals surface area contributed by atoms with Crippen LogP contribution in [0.4, 0.5) is 20.2 Å². The van der Waals surface area contributed by atoms with Crippen molar-refractivity contribution < 1.29 is 13.6 Å². The van der Waals surface area contributed by atoms with Crippen LogP contribution in [0.3, 0.4) is 0 Å². The van der Waals surface area contributed by atoms with Crippen molar-refractivity contribution in [3.05, 3.63) is 58.1 Å². The molecule has 6 heteroatoms. The van der Waals surface area contributed by atoms with Crippen molar-refractivity contribution in [3.8, 4) is 0 Å². The number of benzene rings is 2. The number of carbonyl (C=O) groups excluding carboxylic acids is 1. The number of hydrogen-bond donors (Lipinski definition) is 2. The van der Waals surface area contributed by atoms with Crippen LogP contribution in [0.5, 0.6) is 0 Å². The zero-order chi connectivity index (χ0) is 14.9. The Morgan fingerprint density at radius 3 is 2.65 bits per heavy atom. The number of anilines is 2. The first-order valence-corrected chi connectivity index (χ1v) is 6.09. The summed E-state index contributed by atoms with van der Waals surface area (Å²) in [6.07, 6.45) is 0. The molecule has 0 heterocycles. The average molecular weight is 297 g/mol. The van der Waals surface area contributed by atoms with E-state index in [-0.39, 0.29) is 16.4 Å². The molecule has 3 nitrogen and oxygen atoms in total. The summed E-state index contributed by atoms with van der Waals surface area (Å²) >= 11 is 5.91. The first-order valence-electron chi connectivity index (χ1n) is 5.71. The summed E-state index contributed by atoms with van der Waals surface area (Å²) in [5.41, 5.74) is 5.42. The number of hydrogen-bond acceptors (Lipinski definition) is 2. The van der Waals surface area contributed by atoms with E-state index in [4.69, 9.17) is 17.3 Å². The van der Waals surface area contributed by atoms with Crippen LogP contribution >= 0.6 is 11.6 Å². The number of nitrogens with two attached hydrogens (primary N) is 1. The maximum absolute atomic E-state index is 13.7. The lowest BCUT2D eigenvalue weighted by Crippen LogP contribution is -2.17. The van der Waals surface area contributed by atoms with Gasteiger partial charge in [0.15, 0.2) is 5.82 Å². The largest absolute Gasteiger partial charge is 0.396 e. The van der Waals surface area contributed by atoms with E-state index in [1.165, 1.54) is 0 Å². The molecule has 2 aromatic rings. The normalized spacial score (nSPS) is 10.4. The summed E-state index contributed by atoms with van der Waals surface area (Å²) in [6, 6.07) is 6.92. The Labute approximate surface area is 119 Å². The van der Waals surface area contributed by atoms with Gasteiger partial charge in [0, 0.05) is 0 Å². The summed E-state index contributed by atoms with van der Waals surface area (Å²) in [5.74, 6) is -3.02. The van der Waals surface area contributed by atoms with E-state index in [1.807, 2.05) is 0 Å². The third-order valence-electron chi connectivity index (χ3n) is 2.72. The lowest BCUT2D eigenvalue weighted by atomic mass is 10.1. The molecule has 0 unspecified atom stereocenters. The minimum atomic E-state index is -1.09. The molecule has 0 aliphatic rings. The van der Waals surface area contributed by atoms with Crippen LogP contribution in [0.1, 0.15) is 15.9 Å². The Hall–Kier alpha value is -2.14. The van der Waals surface area contributed by atoms with Crippen LogP contribution < -0.4 is 11.1 Å². The van der Waals surface area contributed by atoms with E-state index in [1.54, 1.807) is 25.1 Å². The van der Waals surface area contributed by atoms with Crippen molar-refractivity contribution in [2.24, 2.45) is 0 Å². The SMILES string of the molecule is Cc1ccc(Cl)c(NC(=O)c2c(F)ccc(N)c2F)c1. The molecule has 3 N–H and O–H groups in total. The Kier molecular flexibility index (Phi) is 3.90. The van der Waals surface area contributed by atoms with Crippen LogP contribution in [0, 0.1) is 18.6 Å². The Bertz CT molecular complexity index is 689. The quantitative estimate of drug-likeness (QED) is 0.829. The maximum atomic E-state index is 13.7. The van der Waals surface area contributed by atoms with Gasteiger partial charge in [0.1, 0.15) is 11.4 Å². The van der Waals surface area contributed by atoms with Gasteiger partial charge in [-0.3, -0.25) is 4.79 Å². The minimum absolute atomic E-state index is 0.272. The van der Waals surface area contributed by atoms with Gasteiger partial charge in [-0.15, -0.1) is 0 Å². The van der Waals surface area contributed by atoms with Gasteiger partial charge in [0.05, 0.1) is 16.4 Å². The van der Waals surface area contributed by atoms with Gasteiger partial charge in [-0.25, -0.2) is 8.78 Å². The highest BCUT2D eigenvalue weighted by molar-refractivity contribution is 6.34. The fraction of sp³-hybridized carbons (Fsp3) is 0.0714. The van der Waals surface area contributed by atoms with Crippen molar-refractivity contribution in [2.75, 3.05) is 11.1 Å². The molecule has 20 heavy (non-hydrogen) atoms. The molecular formula is C14H11ClF2N2O. The number of amides is 1. The topological polar surface area (TPSA) is 55.1 Å². The summed E-state index contributed by atoms with van der Waals surface area (Å²) in [6.45, 7) is 1.80. The van der Waals surface area contributed by atoms with E-state index in [2.05, 4.69) is 5.32 Å². The van der Waals surface area contributed by atoms with Crippen molar-refractivity contribution in [3.63, 3.8) is 0 Å². The highest BCUT2D eigenvalue weighted by Crippen LogP contribution is 2.25. The summed E-state index contributed by atoms with van der Waals surface area (Å²) in [4.78, 5) is 12.0. The van der Waals surface area contributed by atoms with Gasteiger partial charge in [0.25, 0.3) is 5.91 Å². The zero-order valence-corrected chi connectivity index (χ0v) is 11.3. The van der Waals surface area contributed by atoms with Crippen LogP contribution in [0.2, 0.25) is 5.02 Å². The van der Waals surface area contributed by atoms with Crippen molar-refractivity contribution >= 4 is 28.9 Å². The van der Waals surface area contributed by atoms with Gasteiger partial charge in [-0.05, 0) is 36.8 Å². The molecule has 0 aromatic heterocycles. The monoisotopic (exact) mass is 296 g/mol. The second-order valence-electron chi connectivity index (χ2n) is 4.26. The lowest BCUT2D eigenvalue weighted by Gasteiger charge is -2.10. The predicted molar refractivity (Wildman–Crippen MR) is 74.9 cm³/mol. The summed E-state index contributed by atoms with van der Waals surface area (Å²) in [5, 5.41) is 2.64. The number of nitrogen functional groups attached to an aromatic ring is 1. The average Bonchev–Trinajstić information content (AvgIpc) is 2.39. The number of carbonyl (C=O) groups is 1. The van der Waals surface area contributed by atoms with E-state index in [0.29, 0.717) is 0 Å². The molecule has 0 radical (unpaired) electrons. The molecule has 2 aromatic carbocycles. The smallest absolute Gasteiger partial charge is 0.261 e. The Morgan fingerprint density at radius 1 is 1.25 bits per heavy atom. The number of rotatable bonds is 2. The van der Waals surface area contributed by atoms with Gasteiger partial charge in [-0.1, -0.05) is 17.7 Å². The van der Waals surface area contributed by atoms with Crippen LogP contribution in [0.15, 0.2) is 30.3 Å². The maximum Gasteiger partial charge on any atom is 0.261 e. The first-order chi connectivity index (χ1) is 9.40. The van der Waals surface area contributed by atoms with Crippen LogP contribution in [0.25, 0.3) is 0 Å². The Balaban J connectivity index is 2.38. The molecule has 0 spiro atoms. The summed E-state index contributed by atoms with van der Waals surface area (Å²) < 4.78 is 27.3. The zero-order valence-electron chi connectivity index (χ0n) is 10.5. The van der Waals surface area contributed by atoms with Gasteiger partial charge in [-0.2, -0.15) is 0 Å². The van der Waals surface area contributed by atoms with E-state index in [9.17, 15) is 13.6 Å². The van der Waals surface area contributed by atoms with Crippen molar-refractivity contribution in [1.29, 1.82) is 0 Å². The first kappa shape index (κ1) is 14.3. The van der Waals surface area contributed by atoms with Crippen LogP contribution in [-0.4, -0.2) is 5.91 Å². The van der Waals surface area contributed by atoms with E-state index >= 15 is 0 Å². The fourth-order valence-electron chi connectivity index (χ4n) is 1.70. The Morgan fingerprint density at radius 2 is 1.95 bits per heavy atom. The molecule has 1 amide bonds. The van der Waals surface area contributed by atoms with Gasteiger partial charge in [0.2, 0.25) is 0 Å². The highest BCUT2D eigenvalue weighted by atomic mass is 35.5. The molecule has 0 aliphatic heterocycles. The molecular weight excluding hydrogens is 286 g/mol. The van der Waals surface area contributed by atoms with E-state index < -0.39 is 23.1 Å². The second kappa shape index (κ2) is 5.46. The molecule has 2 rings (SSSR count). The molecule has 104 valence electrons. The highest BCUT2D eigenvalue weighted by Gasteiger charge is 2.20. The molecule has 0 saturated heterocycles. The van der Waals surface area contributed by atoms with Gasteiger partial charge >= 0.3 is 0 Å². The number of aryl methyl sites for hydroxylation is 1. The molecule has 0 fully saturated rings. The van der Waals surface area contributed by atoms with Crippen molar-refractivity contribution in [1.82, 2.24) is 0 Å². The van der Waals surface area contributed by atoms with E-state index in [0.717, 1.165) is 17.7 Å². The molecule has 0 aliphatic carbocycles. The van der Waals surface area contributed by atoms with Gasteiger partial charge < -0.3 is 11.1 Å². The minimum Gasteiger partial charge on any atom is -0.396 e.